The molecule has 1 aromatic rings. The lowest BCUT2D eigenvalue weighted by molar-refractivity contribution is -0.143. The predicted octanol–water partition coefficient (Wildman–Crippen LogP) is 2.80. The number of sulfone groups is 1. The molecule has 12 heteroatoms. The van der Waals surface area contributed by atoms with Crippen LogP contribution in [-0.4, -0.2) is 43.6 Å². The van der Waals surface area contributed by atoms with Crippen molar-refractivity contribution in [3.05, 3.63) is 29.3 Å². The van der Waals surface area contributed by atoms with Gasteiger partial charge in [0.2, 0.25) is 0 Å². The average Bonchev–Trinajstić information content (AvgIpc) is 2.94. The van der Waals surface area contributed by atoms with Gasteiger partial charge >= 0.3 is 18.3 Å². The first kappa shape index (κ1) is 20.3. The van der Waals surface area contributed by atoms with Crippen LogP contribution in [0.4, 0.5) is 32.0 Å². The third kappa shape index (κ3) is 4.59. The zero-order valence-electron chi connectivity index (χ0n) is 12.9. The van der Waals surface area contributed by atoms with Crippen LogP contribution in [0.1, 0.15) is 17.5 Å². The minimum absolute atomic E-state index is 0.0156. The number of nitrogens with zero attached hydrogens (tertiary/aromatic N) is 1. The van der Waals surface area contributed by atoms with Crippen molar-refractivity contribution in [1.82, 2.24) is 0 Å². The van der Waals surface area contributed by atoms with Crippen LogP contribution < -0.4 is 4.90 Å². The fraction of sp³-hybridized carbons (Fsp3) is 0.500. The van der Waals surface area contributed by atoms with Crippen LogP contribution in [-0.2, 0) is 27.0 Å². The SMILES string of the molecule is O=C(O)CS(=O)(=O)C1CCN(c2cc(C(F)(F)F)cc(C(F)(F)F)c2)C1. The number of carbonyl (C=O) groups is 1. The van der Waals surface area contributed by atoms with E-state index >= 15 is 0 Å². The highest BCUT2D eigenvalue weighted by Gasteiger charge is 2.39. The highest BCUT2D eigenvalue weighted by molar-refractivity contribution is 7.92. The van der Waals surface area contributed by atoms with Crippen LogP contribution in [0, 0.1) is 0 Å². The Morgan fingerprint density at radius 1 is 1.08 bits per heavy atom. The molecule has 26 heavy (non-hydrogen) atoms. The van der Waals surface area contributed by atoms with Crippen molar-refractivity contribution in [1.29, 1.82) is 0 Å². The molecule has 1 atom stereocenters. The molecule has 1 unspecified atom stereocenters. The van der Waals surface area contributed by atoms with Crippen LogP contribution >= 0.6 is 0 Å². The van der Waals surface area contributed by atoms with Crippen molar-refractivity contribution in [2.45, 2.75) is 24.0 Å². The first-order valence-electron chi connectivity index (χ1n) is 7.18. The normalized spacial score (nSPS) is 19.0. The fourth-order valence-corrected chi connectivity index (χ4v) is 4.12. The maximum absolute atomic E-state index is 12.9. The number of hydrogen-bond donors (Lipinski definition) is 1. The van der Waals surface area contributed by atoms with Crippen LogP contribution in [0.15, 0.2) is 18.2 Å². The van der Waals surface area contributed by atoms with Gasteiger partial charge in [0.1, 0.15) is 5.75 Å². The second-order valence-electron chi connectivity index (χ2n) is 5.82. The van der Waals surface area contributed by atoms with Gasteiger partial charge in [-0.3, -0.25) is 4.79 Å². The fourth-order valence-electron chi connectivity index (χ4n) is 2.67. The van der Waals surface area contributed by atoms with E-state index in [2.05, 4.69) is 0 Å². The van der Waals surface area contributed by atoms with E-state index in [1.807, 2.05) is 0 Å². The van der Waals surface area contributed by atoms with E-state index in [0.717, 1.165) is 4.90 Å². The van der Waals surface area contributed by atoms with E-state index in [-0.39, 0.29) is 25.6 Å². The van der Waals surface area contributed by atoms with Gasteiger partial charge in [-0.1, -0.05) is 0 Å². The number of aliphatic carboxylic acids is 1. The number of rotatable bonds is 4. The Hall–Kier alpha value is -1.98. The number of carboxylic acid groups (broad SMARTS) is 1. The molecule has 0 spiro atoms. The van der Waals surface area contributed by atoms with E-state index in [1.165, 1.54) is 0 Å². The molecule has 5 nitrogen and oxygen atoms in total. The molecule has 1 fully saturated rings. The molecule has 1 aliphatic rings. The summed E-state index contributed by atoms with van der Waals surface area (Å²) in [6.07, 6.45) is -10.1. The van der Waals surface area contributed by atoms with E-state index in [4.69, 9.17) is 5.11 Å². The van der Waals surface area contributed by atoms with E-state index in [9.17, 15) is 39.6 Å². The summed E-state index contributed by atoms with van der Waals surface area (Å²) in [5, 5.41) is 7.42. The van der Waals surface area contributed by atoms with Crippen LogP contribution in [0.3, 0.4) is 0 Å². The Balaban J connectivity index is 2.36. The third-order valence-corrected chi connectivity index (χ3v) is 5.96. The topological polar surface area (TPSA) is 74.7 Å². The molecule has 1 N–H and O–H groups in total. The van der Waals surface area contributed by atoms with Crippen molar-refractivity contribution in [2.24, 2.45) is 0 Å². The smallest absolute Gasteiger partial charge is 0.416 e. The largest absolute Gasteiger partial charge is 0.480 e. The molecule has 0 bridgehead atoms. The molecular weight excluding hydrogens is 392 g/mol. The second kappa shape index (κ2) is 6.63. The summed E-state index contributed by atoms with van der Waals surface area (Å²) >= 11 is 0. The number of hydrogen-bond acceptors (Lipinski definition) is 4. The van der Waals surface area contributed by atoms with E-state index in [0.29, 0.717) is 12.1 Å². The molecule has 1 aliphatic heterocycles. The number of carboxylic acids is 1. The molecule has 1 heterocycles. The summed E-state index contributed by atoms with van der Waals surface area (Å²) in [5.74, 6) is -2.73. The van der Waals surface area contributed by atoms with Crippen molar-refractivity contribution < 1.29 is 44.7 Å². The Morgan fingerprint density at radius 2 is 1.58 bits per heavy atom. The molecule has 0 radical (unpaired) electrons. The molecular formula is C14H13F6NO4S. The molecule has 0 amide bonds. The summed E-state index contributed by atoms with van der Waals surface area (Å²) in [6, 6.07) is 1.01. The molecule has 1 saturated heterocycles. The lowest BCUT2D eigenvalue weighted by Gasteiger charge is -2.22. The first-order valence-corrected chi connectivity index (χ1v) is 8.89. The Labute approximate surface area is 144 Å². The molecule has 146 valence electrons. The summed E-state index contributed by atoms with van der Waals surface area (Å²) in [4.78, 5) is 11.7. The summed E-state index contributed by atoms with van der Waals surface area (Å²) in [5.41, 5.74) is -3.42. The highest BCUT2D eigenvalue weighted by atomic mass is 32.2. The lowest BCUT2D eigenvalue weighted by Crippen LogP contribution is -2.31. The Kier molecular flexibility index (Phi) is 5.19. The number of benzene rings is 1. The zero-order chi connectivity index (χ0) is 19.9. The Morgan fingerprint density at radius 3 is 2.00 bits per heavy atom. The van der Waals surface area contributed by atoms with Crippen LogP contribution in [0.2, 0.25) is 0 Å². The van der Waals surface area contributed by atoms with Gasteiger partial charge in [0.05, 0.1) is 16.4 Å². The minimum Gasteiger partial charge on any atom is -0.480 e. The lowest BCUT2D eigenvalue weighted by atomic mass is 10.1. The van der Waals surface area contributed by atoms with Crippen molar-refractivity contribution >= 4 is 21.5 Å². The van der Waals surface area contributed by atoms with Gasteiger partial charge in [0.15, 0.2) is 9.84 Å². The summed E-state index contributed by atoms with van der Waals surface area (Å²) < 4.78 is 101. The zero-order valence-corrected chi connectivity index (χ0v) is 13.7. The quantitative estimate of drug-likeness (QED) is 0.780. The van der Waals surface area contributed by atoms with Crippen molar-refractivity contribution in [3.63, 3.8) is 0 Å². The van der Waals surface area contributed by atoms with Crippen LogP contribution in [0.5, 0.6) is 0 Å². The Bertz CT molecular complexity index is 770. The molecule has 0 aliphatic carbocycles. The van der Waals surface area contributed by atoms with Gasteiger partial charge in [0.25, 0.3) is 0 Å². The maximum atomic E-state index is 12.9. The highest BCUT2D eigenvalue weighted by Crippen LogP contribution is 2.39. The van der Waals surface area contributed by atoms with Crippen LogP contribution in [0.25, 0.3) is 0 Å². The van der Waals surface area contributed by atoms with Gasteiger partial charge in [0, 0.05) is 18.8 Å². The molecule has 0 saturated carbocycles. The second-order valence-corrected chi connectivity index (χ2v) is 8.10. The van der Waals surface area contributed by atoms with Gasteiger partial charge in [-0.05, 0) is 24.6 Å². The van der Waals surface area contributed by atoms with Crippen molar-refractivity contribution in [2.75, 3.05) is 23.7 Å². The van der Waals surface area contributed by atoms with Gasteiger partial charge < -0.3 is 10.0 Å². The van der Waals surface area contributed by atoms with Gasteiger partial charge in [-0.25, -0.2) is 8.42 Å². The molecule has 0 aromatic heterocycles. The third-order valence-electron chi connectivity index (χ3n) is 3.92. The maximum Gasteiger partial charge on any atom is 0.416 e. The number of alkyl halides is 6. The van der Waals surface area contributed by atoms with Gasteiger partial charge in [-0.2, -0.15) is 26.3 Å². The summed E-state index contributed by atoms with van der Waals surface area (Å²) in [7, 11) is -4.06. The molecule has 1 aromatic carbocycles. The average molecular weight is 405 g/mol. The molecule has 2 rings (SSSR count). The number of halogens is 6. The number of anilines is 1. The standard InChI is InChI=1S/C14H13F6NO4S/c15-13(16,17)8-3-9(14(18,19)20)5-10(4-8)21-2-1-11(6-21)26(24,25)7-12(22)23/h3-5,11H,1-2,6-7H2,(H,22,23). The van der Waals surface area contributed by atoms with Crippen molar-refractivity contribution in [3.8, 4) is 0 Å². The summed E-state index contributed by atoms with van der Waals surface area (Å²) in [6.45, 7) is -0.490. The van der Waals surface area contributed by atoms with E-state index in [1.54, 1.807) is 0 Å². The predicted molar refractivity (Wildman–Crippen MR) is 78.5 cm³/mol. The minimum atomic E-state index is -5.01. The monoisotopic (exact) mass is 405 g/mol. The van der Waals surface area contributed by atoms with E-state index < -0.39 is 56.0 Å². The van der Waals surface area contributed by atoms with Gasteiger partial charge in [-0.15, -0.1) is 0 Å². The first-order chi connectivity index (χ1) is 11.7.